The van der Waals surface area contributed by atoms with E-state index in [1.165, 1.54) is 5.57 Å². The van der Waals surface area contributed by atoms with Gasteiger partial charge < -0.3 is 10.6 Å². The highest BCUT2D eigenvalue weighted by Crippen LogP contribution is 2.37. The first-order valence-corrected chi connectivity index (χ1v) is 10.2. The van der Waals surface area contributed by atoms with E-state index < -0.39 is 28.9 Å². The monoisotopic (exact) mass is 465 g/mol. The summed E-state index contributed by atoms with van der Waals surface area (Å²) in [4.78, 5) is 16.7. The lowest BCUT2D eigenvalue weighted by molar-refractivity contribution is 0.101. The average molecular weight is 466 g/mol. The number of carbonyl (C=O) groups excluding carboxylic acids is 1. The predicted molar refractivity (Wildman–Crippen MR) is 118 cm³/mol. The first-order valence-electron chi connectivity index (χ1n) is 9.33. The molecule has 4 rings (SSSR count). The van der Waals surface area contributed by atoms with Crippen molar-refractivity contribution in [1.82, 2.24) is 10.3 Å². The summed E-state index contributed by atoms with van der Waals surface area (Å²) in [5, 5.41) is 8.86. The van der Waals surface area contributed by atoms with Crippen LogP contribution in [0.15, 0.2) is 53.5 Å². The Morgan fingerprint density at radius 1 is 1.16 bits per heavy atom. The molecule has 2 N–H and O–H groups in total. The predicted octanol–water partition coefficient (Wildman–Crippen LogP) is 5.74. The molecule has 9 heteroatoms. The van der Waals surface area contributed by atoms with Crippen LogP contribution >= 0.6 is 23.7 Å². The first-order chi connectivity index (χ1) is 14.4. The van der Waals surface area contributed by atoms with Gasteiger partial charge in [0.05, 0.1) is 6.04 Å². The number of carbonyl (C=O) groups is 1. The number of hydrogen-bond donors (Lipinski definition) is 2. The van der Waals surface area contributed by atoms with Crippen LogP contribution in [0.2, 0.25) is 0 Å². The Hall–Kier alpha value is -2.68. The molecule has 1 amide bonds. The normalized spacial score (nSPS) is 16.1. The molecule has 1 aliphatic heterocycles. The molecule has 3 aromatic rings. The summed E-state index contributed by atoms with van der Waals surface area (Å²) in [7, 11) is 0. The van der Waals surface area contributed by atoms with Crippen molar-refractivity contribution in [1.29, 1.82) is 0 Å². The molecule has 0 aliphatic carbocycles. The van der Waals surface area contributed by atoms with Crippen LogP contribution in [0.1, 0.15) is 40.3 Å². The molecule has 0 bridgehead atoms. The van der Waals surface area contributed by atoms with E-state index in [0.29, 0.717) is 17.8 Å². The standard InChI is InChI=1S/C22H18F3N3OS.ClH/c1-12-6-7-26-20(22-27-8-9-30-22)18(12)13-2-4-15(5-3-13)28-21(29)19-16(24)10-14(23)11-17(19)25;/h2-5,8-11,20,26H,6-7H2,1H3,(H,28,29);1H. The van der Waals surface area contributed by atoms with Crippen molar-refractivity contribution in [2.24, 2.45) is 0 Å². The van der Waals surface area contributed by atoms with Gasteiger partial charge in [0.25, 0.3) is 5.91 Å². The molecule has 2 aromatic carbocycles. The molecule has 31 heavy (non-hydrogen) atoms. The van der Waals surface area contributed by atoms with Crippen LogP contribution in [0, 0.1) is 17.5 Å². The van der Waals surface area contributed by atoms with Crippen LogP contribution in [0.25, 0.3) is 5.57 Å². The van der Waals surface area contributed by atoms with E-state index in [0.717, 1.165) is 29.1 Å². The van der Waals surface area contributed by atoms with Gasteiger partial charge in [-0.05, 0) is 43.2 Å². The molecule has 1 aromatic heterocycles. The molecule has 2 heterocycles. The van der Waals surface area contributed by atoms with Gasteiger partial charge in [0.15, 0.2) is 0 Å². The van der Waals surface area contributed by atoms with Crippen molar-refractivity contribution in [2.75, 3.05) is 11.9 Å². The topological polar surface area (TPSA) is 54.0 Å². The number of nitrogens with zero attached hydrogens (tertiary/aromatic N) is 1. The lowest BCUT2D eigenvalue weighted by Crippen LogP contribution is -2.28. The molecule has 4 nitrogen and oxygen atoms in total. The number of anilines is 1. The van der Waals surface area contributed by atoms with Gasteiger partial charge in [0, 0.05) is 29.4 Å². The molecular formula is C22H19ClF3N3OS. The Kier molecular flexibility index (Phi) is 7.15. The second kappa shape index (κ2) is 9.64. The Bertz CT molecular complexity index is 1090. The Morgan fingerprint density at radius 2 is 1.84 bits per heavy atom. The van der Waals surface area contributed by atoms with E-state index in [9.17, 15) is 18.0 Å². The van der Waals surface area contributed by atoms with Crippen LogP contribution in [-0.4, -0.2) is 17.4 Å². The Balaban J connectivity index is 0.00000272. The molecule has 0 saturated carbocycles. The summed E-state index contributed by atoms with van der Waals surface area (Å²) in [6, 6.07) is 7.97. The van der Waals surface area contributed by atoms with Crippen LogP contribution in [0.4, 0.5) is 18.9 Å². The van der Waals surface area contributed by atoms with E-state index in [-0.39, 0.29) is 18.4 Å². The van der Waals surface area contributed by atoms with E-state index in [1.807, 2.05) is 17.5 Å². The summed E-state index contributed by atoms with van der Waals surface area (Å²) >= 11 is 1.58. The number of hydrogen-bond acceptors (Lipinski definition) is 4. The van der Waals surface area contributed by atoms with E-state index in [4.69, 9.17) is 0 Å². The SMILES string of the molecule is CC1=C(c2ccc(NC(=O)c3c(F)cc(F)cc3F)cc2)C(c2nccs2)NCC1.Cl. The van der Waals surface area contributed by atoms with Crippen LogP contribution < -0.4 is 10.6 Å². The number of benzene rings is 2. The van der Waals surface area contributed by atoms with Crippen molar-refractivity contribution in [2.45, 2.75) is 19.4 Å². The fourth-order valence-electron chi connectivity index (χ4n) is 3.57. The third kappa shape index (κ3) is 4.81. The van der Waals surface area contributed by atoms with Crippen molar-refractivity contribution >= 4 is 40.9 Å². The smallest absolute Gasteiger partial charge is 0.261 e. The number of aromatic nitrogens is 1. The van der Waals surface area contributed by atoms with Gasteiger partial charge in [-0.2, -0.15) is 0 Å². The maximum absolute atomic E-state index is 13.8. The largest absolute Gasteiger partial charge is 0.322 e. The van der Waals surface area contributed by atoms with Gasteiger partial charge in [-0.1, -0.05) is 17.7 Å². The highest BCUT2D eigenvalue weighted by Gasteiger charge is 2.25. The summed E-state index contributed by atoms with van der Waals surface area (Å²) in [5.74, 6) is -4.55. The minimum Gasteiger partial charge on any atom is -0.322 e. The Morgan fingerprint density at radius 3 is 2.45 bits per heavy atom. The maximum Gasteiger partial charge on any atom is 0.261 e. The molecule has 0 spiro atoms. The molecule has 1 atom stereocenters. The van der Waals surface area contributed by atoms with E-state index in [2.05, 4.69) is 22.5 Å². The molecule has 1 unspecified atom stereocenters. The fraction of sp³-hybridized carbons (Fsp3) is 0.182. The molecule has 0 radical (unpaired) electrons. The average Bonchev–Trinajstić information content (AvgIpc) is 3.22. The summed E-state index contributed by atoms with van der Waals surface area (Å²) in [6.07, 6.45) is 2.69. The highest BCUT2D eigenvalue weighted by molar-refractivity contribution is 7.09. The van der Waals surface area contributed by atoms with Crippen LogP contribution in [-0.2, 0) is 0 Å². The van der Waals surface area contributed by atoms with E-state index in [1.54, 1.807) is 29.7 Å². The van der Waals surface area contributed by atoms with Gasteiger partial charge in [-0.25, -0.2) is 18.2 Å². The number of amides is 1. The van der Waals surface area contributed by atoms with Gasteiger partial charge in [-0.15, -0.1) is 23.7 Å². The third-order valence-corrected chi connectivity index (χ3v) is 5.82. The van der Waals surface area contributed by atoms with Gasteiger partial charge in [0.1, 0.15) is 28.0 Å². The fourth-order valence-corrected chi connectivity index (χ4v) is 4.29. The second-order valence-electron chi connectivity index (χ2n) is 6.98. The molecule has 0 saturated heterocycles. The quantitative estimate of drug-likeness (QED) is 0.516. The summed E-state index contributed by atoms with van der Waals surface area (Å²) < 4.78 is 40.7. The Labute approximate surface area is 187 Å². The zero-order valence-electron chi connectivity index (χ0n) is 16.4. The number of thiazole rings is 1. The van der Waals surface area contributed by atoms with Crippen molar-refractivity contribution < 1.29 is 18.0 Å². The van der Waals surface area contributed by atoms with Gasteiger partial charge in [-0.3, -0.25) is 4.79 Å². The highest BCUT2D eigenvalue weighted by atomic mass is 35.5. The van der Waals surface area contributed by atoms with Crippen molar-refractivity contribution in [3.63, 3.8) is 0 Å². The minimum absolute atomic E-state index is 0. The maximum atomic E-state index is 13.8. The van der Waals surface area contributed by atoms with Gasteiger partial charge >= 0.3 is 0 Å². The lowest BCUT2D eigenvalue weighted by atomic mass is 9.89. The van der Waals surface area contributed by atoms with Crippen LogP contribution in [0.5, 0.6) is 0 Å². The van der Waals surface area contributed by atoms with Crippen molar-refractivity contribution in [3.05, 3.63) is 87.1 Å². The summed E-state index contributed by atoms with van der Waals surface area (Å²) in [6.45, 7) is 2.95. The minimum atomic E-state index is -1.25. The second-order valence-corrected chi connectivity index (χ2v) is 7.90. The zero-order valence-corrected chi connectivity index (χ0v) is 18.0. The van der Waals surface area contributed by atoms with Crippen LogP contribution in [0.3, 0.4) is 0 Å². The molecule has 0 fully saturated rings. The molecule has 162 valence electrons. The molecule has 1 aliphatic rings. The summed E-state index contributed by atoms with van der Waals surface area (Å²) in [5.41, 5.74) is 2.90. The molecular weight excluding hydrogens is 447 g/mol. The van der Waals surface area contributed by atoms with E-state index >= 15 is 0 Å². The number of nitrogens with one attached hydrogen (secondary N) is 2. The number of halogens is 4. The first kappa shape index (κ1) is 23.0. The third-order valence-electron chi connectivity index (χ3n) is 4.98. The lowest BCUT2D eigenvalue weighted by Gasteiger charge is -2.28. The van der Waals surface area contributed by atoms with Crippen molar-refractivity contribution in [3.8, 4) is 0 Å². The van der Waals surface area contributed by atoms with Gasteiger partial charge in [0.2, 0.25) is 0 Å². The number of rotatable bonds is 4. The zero-order chi connectivity index (χ0) is 21.3.